The molecule has 2 fully saturated rings. The Labute approximate surface area is 180 Å². The van der Waals surface area contributed by atoms with Crippen molar-refractivity contribution in [1.82, 2.24) is 4.90 Å². The van der Waals surface area contributed by atoms with Gasteiger partial charge in [-0.3, -0.25) is 24.6 Å². The summed E-state index contributed by atoms with van der Waals surface area (Å²) in [4.78, 5) is 41.2. The first-order chi connectivity index (χ1) is 15.0. The number of carbonyl (C=O) groups is 2. The summed E-state index contributed by atoms with van der Waals surface area (Å²) >= 11 is 0. The molecule has 0 radical (unpaired) electrons. The molecule has 2 aromatic carbocycles. The van der Waals surface area contributed by atoms with Crippen molar-refractivity contribution >= 4 is 34.6 Å². The number of nitro groups is 1. The van der Waals surface area contributed by atoms with Crippen LogP contribution in [0.15, 0.2) is 48.5 Å². The molecule has 2 aliphatic rings. The zero-order valence-electron chi connectivity index (χ0n) is 17.2. The van der Waals surface area contributed by atoms with Crippen LogP contribution in [0, 0.1) is 10.1 Å². The number of piperazine rings is 1. The second-order valence-electron chi connectivity index (χ2n) is 7.76. The molecule has 162 valence electrons. The van der Waals surface area contributed by atoms with E-state index in [4.69, 9.17) is 0 Å². The third kappa shape index (κ3) is 4.83. The van der Waals surface area contributed by atoms with Gasteiger partial charge in [0.25, 0.3) is 5.69 Å². The van der Waals surface area contributed by atoms with Gasteiger partial charge in [-0.1, -0.05) is 18.2 Å². The standard InChI is InChI=1S/C22H25N5O4/c28-21(23-17-5-3-6-18(15-17)26-10-4-9-22(26)29)16-24-11-13-25(14-12-24)19-7-1-2-8-20(19)27(30)31/h1-3,5-8,15H,4,9-14,16H2,(H,23,28). The first-order valence-corrected chi connectivity index (χ1v) is 10.4. The van der Waals surface area contributed by atoms with Gasteiger partial charge in [-0.2, -0.15) is 0 Å². The van der Waals surface area contributed by atoms with E-state index < -0.39 is 0 Å². The van der Waals surface area contributed by atoms with Gasteiger partial charge in [0.1, 0.15) is 5.69 Å². The van der Waals surface area contributed by atoms with Gasteiger partial charge in [-0.25, -0.2) is 0 Å². The minimum absolute atomic E-state index is 0.102. The molecule has 2 heterocycles. The maximum absolute atomic E-state index is 12.5. The second kappa shape index (κ2) is 9.13. The molecule has 2 amide bonds. The van der Waals surface area contributed by atoms with Crippen LogP contribution in [-0.2, 0) is 9.59 Å². The van der Waals surface area contributed by atoms with Crippen LogP contribution >= 0.6 is 0 Å². The summed E-state index contributed by atoms with van der Waals surface area (Å²) in [6, 6.07) is 14.1. The third-order valence-corrected chi connectivity index (χ3v) is 5.67. The molecular weight excluding hydrogens is 398 g/mol. The molecule has 0 unspecified atom stereocenters. The maximum atomic E-state index is 12.5. The SMILES string of the molecule is O=C(CN1CCN(c2ccccc2[N+](=O)[O-])CC1)Nc1cccc(N2CCCC2=O)c1. The fourth-order valence-corrected chi connectivity index (χ4v) is 4.11. The van der Waals surface area contributed by atoms with Crippen LogP contribution in [0.4, 0.5) is 22.7 Å². The van der Waals surface area contributed by atoms with E-state index in [0.717, 1.165) is 12.1 Å². The van der Waals surface area contributed by atoms with E-state index >= 15 is 0 Å². The van der Waals surface area contributed by atoms with Crippen LogP contribution in [0.5, 0.6) is 0 Å². The summed E-state index contributed by atoms with van der Waals surface area (Å²) in [5.74, 6) is -0.0101. The number of benzene rings is 2. The topological polar surface area (TPSA) is 99.0 Å². The molecule has 9 heteroatoms. The van der Waals surface area contributed by atoms with Gasteiger partial charge in [-0.05, 0) is 30.7 Å². The number of nitro benzene ring substituents is 1. The first-order valence-electron chi connectivity index (χ1n) is 10.4. The van der Waals surface area contributed by atoms with Crippen LogP contribution < -0.4 is 15.1 Å². The average molecular weight is 423 g/mol. The molecule has 0 aromatic heterocycles. The fourth-order valence-electron chi connectivity index (χ4n) is 4.11. The lowest BCUT2D eigenvalue weighted by Crippen LogP contribution is -2.48. The first kappa shape index (κ1) is 20.8. The third-order valence-electron chi connectivity index (χ3n) is 5.67. The molecule has 1 N–H and O–H groups in total. The molecule has 2 aromatic rings. The summed E-state index contributed by atoms with van der Waals surface area (Å²) in [7, 11) is 0. The number of carbonyl (C=O) groups excluding carboxylic acids is 2. The Balaban J connectivity index is 1.31. The number of nitrogens with zero attached hydrogens (tertiary/aromatic N) is 4. The Morgan fingerprint density at radius 1 is 1.03 bits per heavy atom. The highest BCUT2D eigenvalue weighted by molar-refractivity contribution is 5.97. The lowest BCUT2D eigenvalue weighted by molar-refractivity contribution is -0.384. The number of hydrogen-bond acceptors (Lipinski definition) is 6. The van der Waals surface area contributed by atoms with E-state index in [-0.39, 0.29) is 29.0 Å². The van der Waals surface area contributed by atoms with Crippen molar-refractivity contribution in [3.8, 4) is 0 Å². The molecule has 2 aliphatic heterocycles. The monoisotopic (exact) mass is 423 g/mol. The van der Waals surface area contributed by atoms with Crippen molar-refractivity contribution in [3.05, 3.63) is 58.6 Å². The highest BCUT2D eigenvalue weighted by Crippen LogP contribution is 2.28. The molecule has 0 bridgehead atoms. The number of hydrogen-bond donors (Lipinski definition) is 1. The molecule has 0 atom stereocenters. The Kier molecular flexibility index (Phi) is 6.13. The Hall–Kier alpha value is -3.46. The van der Waals surface area contributed by atoms with Gasteiger partial charge in [0, 0.05) is 56.6 Å². The molecule has 31 heavy (non-hydrogen) atoms. The number of para-hydroxylation sites is 2. The largest absolute Gasteiger partial charge is 0.363 e. The van der Waals surface area contributed by atoms with Crippen molar-refractivity contribution in [3.63, 3.8) is 0 Å². The lowest BCUT2D eigenvalue weighted by atomic mass is 10.2. The van der Waals surface area contributed by atoms with Gasteiger partial charge in [-0.15, -0.1) is 0 Å². The van der Waals surface area contributed by atoms with E-state index in [1.165, 1.54) is 6.07 Å². The summed E-state index contributed by atoms with van der Waals surface area (Å²) in [6.07, 6.45) is 1.42. The second-order valence-corrected chi connectivity index (χ2v) is 7.76. The number of anilines is 3. The van der Waals surface area contributed by atoms with Crippen molar-refractivity contribution in [2.24, 2.45) is 0 Å². The van der Waals surface area contributed by atoms with E-state index in [9.17, 15) is 19.7 Å². The molecular formula is C22H25N5O4. The summed E-state index contributed by atoms with van der Waals surface area (Å²) in [6.45, 7) is 3.47. The summed E-state index contributed by atoms with van der Waals surface area (Å²) in [5, 5.41) is 14.2. The smallest absolute Gasteiger partial charge is 0.292 e. The molecule has 0 aliphatic carbocycles. The van der Waals surface area contributed by atoms with Crippen LogP contribution in [-0.4, -0.2) is 60.9 Å². The summed E-state index contributed by atoms with van der Waals surface area (Å²) in [5.41, 5.74) is 2.19. The summed E-state index contributed by atoms with van der Waals surface area (Å²) < 4.78 is 0. The van der Waals surface area contributed by atoms with E-state index in [1.54, 1.807) is 23.1 Å². The molecule has 0 saturated carbocycles. The maximum Gasteiger partial charge on any atom is 0.292 e. The van der Waals surface area contributed by atoms with Gasteiger partial charge in [0.15, 0.2) is 0 Å². The van der Waals surface area contributed by atoms with Gasteiger partial charge < -0.3 is 15.1 Å². The zero-order valence-corrected chi connectivity index (χ0v) is 17.2. The highest BCUT2D eigenvalue weighted by atomic mass is 16.6. The quantitative estimate of drug-likeness (QED) is 0.566. The van der Waals surface area contributed by atoms with E-state index in [1.807, 2.05) is 34.1 Å². The minimum Gasteiger partial charge on any atom is -0.363 e. The highest BCUT2D eigenvalue weighted by Gasteiger charge is 2.25. The van der Waals surface area contributed by atoms with Crippen molar-refractivity contribution in [2.45, 2.75) is 12.8 Å². The molecule has 0 spiro atoms. The number of rotatable bonds is 6. The Morgan fingerprint density at radius 2 is 1.81 bits per heavy atom. The van der Waals surface area contributed by atoms with Crippen molar-refractivity contribution in [2.75, 3.05) is 54.4 Å². The van der Waals surface area contributed by atoms with Crippen molar-refractivity contribution < 1.29 is 14.5 Å². The van der Waals surface area contributed by atoms with Crippen LogP contribution in [0.3, 0.4) is 0 Å². The predicted molar refractivity (Wildman–Crippen MR) is 118 cm³/mol. The Morgan fingerprint density at radius 3 is 2.52 bits per heavy atom. The lowest BCUT2D eigenvalue weighted by Gasteiger charge is -2.35. The number of amides is 2. The van der Waals surface area contributed by atoms with Crippen LogP contribution in [0.2, 0.25) is 0 Å². The molecule has 4 rings (SSSR count). The van der Waals surface area contributed by atoms with Gasteiger partial charge in [0.05, 0.1) is 11.5 Å². The molecule has 9 nitrogen and oxygen atoms in total. The van der Waals surface area contributed by atoms with Gasteiger partial charge >= 0.3 is 0 Å². The predicted octanol–water partition coefficient (Wildman–Crippen LogP) is 2.48. The zero-order chi connectivity index (χ0) is 21.8. The van der Waals surface area contributed by atoms with Crippen LogP contribution in [0.1, 0.15) is 12.8 Å². The fraction of sp³-hybridized carbons (Fsp3) is 0.364. The minimum atomic E-state index is -0.362. The van der Waals surface area contributed by atoms with E-state index in [2.05, 4.69) is 5.32 Å². The van der Waals surface area contributed by atoms with Crippen molar-refractivity contribution in [1.29, 1.82) is 0 Å². The molecule has 2 saturated heterocycles. The van der Waals surface area contributed by atoms with Crippen LogP contribution in [0.25, 0.3) is 0 Å². The van der Waals surface area contributed by atoms with Gasteiger partial charge in [0.2, 0.25) is 11.8 Å². The Bertz CT molecular complexity index is 987. The van der Waals surface area contributed by atoms with E-state index in [0.29, 0.717) is 50.5 Å². The normalized spacial score (nSPS) is 17.1. The average Bonchev–Trinajstić information content (AvgIpc) is 3.20. The number of nitrogens with one attached hydrogen (secondary N) is 1.